The lowest BCUT2D eigenvalue weighted by Crippen LogP contribution is -2.15. The van der Waals surface area contributed by atoms with Crippen molar-refractivity contribution in [2.75, 3.05) is 7.05 Å². The van der Waals surface area contributed by atoms with Crippen LogP contribution in [0.3, 0.4) is 0 Å². The molecule has 0 aromatic heterocycles. The Bertz CT molecular complexity index is 325. The van der Waals surface area contributed by atoms with Crippen molar-refractivity contribution in [3.8, 4) is 0 Å². The molecule has 0 aliphatic rings. The Hall–Kier alpha value is -0.540. The van der Waals surface area contributed by atoms with Gasteiger partial charge in [0.05, 0.1) is 0 Å². The van der Waals surface area contributed by atoms with E-state index < -0.39 is 0 Å². The van der Waals surface area contributed by atoms with Crippen LogP contribution in [0.25, 0.3) is 0 Å². The molecule has 0 radical (unpaired) electrons. The molecule has 0 bridgehead atoms. The first kappa shape index (κ1) is 12.5. The maximum atomic E-state index is 13.7. The van der Waals surface area contributed by atoms with E-state index in [4.69, 9.17) is 0 Å². The largest absolute Gasteiger partial charge is 0.313 e. The molecule has 15 heavy (non-hydrogen) atoms. The van der Waals surface area contributed by atoms with Gasteiger partial charge in [-0.2, -0.15) is 0 Å². The van der Waals surface area contributed by atoms with Gasteiger partial charge in [-0.3, -0.25) is 0 Å². The topological polar surface area (TPSA) is 12.0 Å². The molecule has 1 nitrogen and oxygen atoms in total. The molecule has 0 aliphatic carbocycles. The monoisotopic (exact) mass is 227 g/mol. The molecule has 1 unspecified atom stereocenters. The molecule has 0 saturated carbocycles. The zero-order valence-electron chi connectivity index (χ0n) is 9.67. The van der Waals surface area contributed by atoms with Crippen molar-refractivity contribution >= 4 is 11.8 Å². The van der Waals surface area contributed by atoms with Gasteiger partial charge in [-0.15, -0.1) is 11.8 Å². The molecule has 0 fully saturated rings. The second-order valence-corrected chi connectivity index (χ2v) is 5.45. The highest BCUT2D eigenvalue weighted by Gasteiger charge is 2.15. The molecule has 1 N–H and O–H groups in total. The van der Waals surface area contributed by atoms with Crippen molar-refractivity contribution in [2.24, 2.45) is 0 Å². The third kappa shape index (κ3) is 3.21. The number of nitrogens with one attached hydrogen (secondary N) is 1. The summed E-state index contributed by atoms with van der Waals surface area (Å²) in [5.41, 5.74) is 0.777. The van der Waals surface area contributed by atoms with E-state index in [2.05, 4.69) is 19.2 Å². The number of hydrogen-bond acceptors (Lipinski definition) is 2. The van der Waals surface area contributed by atoms with E-state index in [9.17, 15) is 4.39 Å². The molecule has 1 aromatic rings. The average Bonchev–Trinajstić information content (AvgIpc) is 2.16. The van der Waals surface area contributed by atoms with Crippen LogP contribution in [0, 0.1) is 5.82 Å². The first-order chi connectivity index (χ1) is 7.06. The molecule has 1 rings (SSSR count). The van der Waals surface area contributed by atoms with Gasteiger partial charge < -0.3 is 5.32 Å². The molecule has 0 amide bonds. The van der Waals surface area contributed by atoms with E-state index in [-0.39, 0.29) is 11.9 Å². The van der Waals surface area contributed by atoms with Crippen molar-refractivity contribution in [1.82, 2.24) is 5.32 Å². The summed E-state index contributed by atoms with van der Waals surface area (Å²) in [7, 11) is 1.85. The fraction of sp³-hybridized carbons (Fsp3) is 0.500. The Morgan fingerprint density at radius 1 is 1.27 bits per heavy atom. The van der Waals surface area contributed by atoms with Gasteiger partial charge in [0.1, 0.15) is 5.82 Å². The summed E-state index contributed by atoms with van der Waals surface area (Å²) < 4.78 is 13.7. The highest BCUT2D eigenvalue weighted by Crippen LogP contribution is 2.31. The number of thioether (sulfide) groups is 1. The lowest BCUT2D eigenvalue weighted by Gasteiger charge is -2.17. The highest BCUT2D eigenvalue weighted by atomic mass is 32.2. The van der Waals surface area contributed by atoms with Crippen LogP contribution in [0.1, 0.15) is 32.4 Å². The molecule has 0 heterocycles. The van der Waals surface area contributed by atoms with Crippen molar-refractivity contribution in [2.45, 2.75) is 37.0 Å². The minimum absolute atomic E-state index is 0.0486. The molecule has 1 aromatic carbocycles. The smallest absolute Gasteiger partial charge is 0.129 e. The molecule has 1 atom stereocenters. The Morgan fingerprint density at radius 3 is 2.47 bits per heavy atom. The van der Waals surface area contributed by atoms with Gasteiger partial charge in [-0.1, -0.05) is 19.9 Å². The maximum absolute atomic E-state index is 13.7. The summed E-state index contributed by atoms with van der Waals surface area (Å²) in [6.45, 7) is 6.20. The average molecular weight is 227 g/mol. The molecule has 0 aliphatic heterocycles. The van der Waals surface area contributed by atoms with E-state index in [1.54, 1.807) is 17.8 Å². The van der Waals surface area contributed by atoms with E-state index in [1.165, 1.54) is 6.07 Å². The molecular formula is C12H18FNS. The highest BCUT2D eigenvalue weighted by molar-refractivity contribution is 8.00. The summed E-state index contributed by atoms with van der Waals surface area (Å²) in [4.78, 5) is 1.03. The van der Waals surface area contributed by atoms with Gasteiger partial charge in [0.25, 0.3) is 0 Å². The lowest BCUT2D eigenvalue weighted by molar-refractivity contribution is 0.552. The number of benzene rings is 1. The van der Waals surface area contributed by atoms with Crippen LogP contribution in [0.5, 0.6) is 0 Å². The van der Waals surface area contributed by atoms with Gasteiger partial charge >= 0.3 is 0 Å². The Balaban J connectivity index is 3.08. The Kier molecular flexibility index (Phi) is 4.61. The fourth-order valence-electron chi connectivity index (χ4n) is 1.44. The molecular weight excluding hydrogens is 209 g/mol. The summed E-state index contributed by atoms with van der Waals surface area (Å²) in [6.07, 6.45) is 0. The fourth-order valence-corrected chi connectivity index (χ4v) is 2.50. The van der Waals surface area contributed by atoms with Crippen LogP contribution in [-0.4, -0.2) is 12.3 Å². The number of rotatable bonds is 4. The van der Waals surface area contributed by atoms with Gasteiger partial charge in [0, 0.05) is 21.8 Å². The second-order valence-electron chi connectivity index (χ2n) is 3.83. The predicted molar refractivity (Wildman–Crippen MR) is 64.9 cm³/mol. The minimum Gasteiger partial charge on any atom is -0.313 e. The third-order valence-corrected chi connectivity index (χ3v) is 3.32. The normalized spacial score (nSPS) is 13.2. The van der Waals surface area contributed by atoms with Crippen LogP contribution in [0.4, 0.5) is 4.39 Å². The van der Waals surface area contributed by atoms with Crippen molar-refractivity contribution in [3.63, 3.8) is 0 Å². The first-order valence-corrected chi connectivity index (χ1v) is 6.06. The number of hydrogen-bond donors (Lipinski definition) is 1. The van der Waals surface area contributed by atoms with Crippen LogP contribution in [-0.2, 0) is 0 Å². The van der Waals surface area contributed by atoms with E-state index in [1.807, 2.05) is 20.0 Å². The molecule has 3 heteroatoms. The summed E-state index contributed by atoms with van der Waals surface area (Å²) in [5, 5.41) is 3.55. The van der Waals surface area contributed by atoms with Gasteiger partial charge in [0.15, 0.2) is 0 Å². The molecule has 0 saturated heterocycles. The summed E-state index contributed by atoms with van der Waals surface area (Å²) in [5.74, 6) is -0.123. The Labute approximate surface area is 95.5 Å². The van der Waals surface area contributed by atoms with Gasteiger partial charge in [-0.25, -0.2) is 4.39 Å². The van der Waals surface area contributed by atoms with Crippen LogP contribution in [0.15, 0.2) is 23.1 Å². The second kappa shape index (κ2) is 5.52. The zero-order chi connectivity index (χ0) is 11.4. The van der Waals surface area contributed by atoms with E-state index in [0.717, 1.165) is 10.5 Å². The predicted octanol–water partition coefficient (Wildman–Crippen LogP) is 3.61. The third-order valence-electron chi connectivity index (χ3n) is 2.24. The molecule has 84 valence electrons. The number of halogens is 1. The maximum Gasteiger partial charge on any atom is 0.129 e. The molecule has 0 spiro atoms. The summed E-state index contributed by atoms with van der Waals surface area (Å²) in [6, 6.07) is 5.32. The minimum atomic E-state index is -0.123. The standard InChI is InChI=1S/C12H18FNS/c1-8(2)15-11-7-5-6-10(13)12(11)9(3)14-4/h5-9,14H,1-4H3. The quantitative estimate of drug-likeness (QED) is 0.789. The van der Waals surface area contributed by atoms with Crippen LogP contribution < -0.4 is 5.32 Å². The van der Waals surface area contributed by atoms with Crippen molar-refractivity contribution in [1.29, 1.82) is 0 Å². The van der Waals surface area contributed by atoms with Crippen molar-refractivity contribution in [3.05, 3.63) is 29.6 Å². The first-order valence-electron chi connectivity index (χ1n) is 5.18. The van der Waals surface area contributed by atoms with Crippen molar-refractivity contribution < 1.29 is 4.39 Å². The Morgan fingerprint density at radius 2 is 1.93 bits per heavy atom. The van der Waals surface area contributed by atoms with E-state index in [0.29, 0.717) is 5.25 Å². The van der Waals surface area contributed by atoms with Gasteiger partial charge in [-0.05, 0) is 26.1 Å². The lowest BCUT2D eigenvalue weighted by atomic mass is 10.1. The van der Waals surface area contributed by atoms with Gasteiger partial charge in [0.2, 0.25) is 0 Å². The summed E-state index contributed by atoms with van der Waals surface area (Å²) >= 11 is 1.70. The zero-order valence-corrected chi connectivity index (χ0v) is 10.5. The SMILES string of the molecule is CNC(C)c1c(F)cccc1SC(C)C. The van der Waals surface area contributed by atoms with Crippen LogP contribution >= 0.6 is 11.8 Å². The van der Waals surface area contributed by atoms with E-state index >= 15 is 0 Å². The van der Waals surface area contributed by atoms with Crippen LogP contribution in [0.2, 0.25) is 0 Å².